The van der Waals surface area contributed by atoms with Gasteiger partial charge in [-0.25, -0.2) is 0 Å². The number of halogens is 2. The molecular weight excluding hydrogens is 279 g/mol. The average Bonchev–Trinajstić information content (AvgIpc) is 2.35. The summed E-state index contributed by atoms with van der Waals surface area (Å²) in [6, 6.07) is 13.8. The van der Waals surface area contributed by atoms with Gasteiger partial charge in [-0.15, -0.1) is 0 Å². The van der Waals surface area contributed by atoms with Gasteiger partial charge < -0.3 is 5.11 Å². The highest BCUT2D eigenvalue weighted by molar-refractivity contribution is 6.42. The van der Waals surface area contributed by atoms with Crippen LogP contribution in [0.2, 0.25) is 10.0 Å². The van der Waals surface area contributed by atoms with E-state index in [-0.39, 0.29) is 12.0 Å². The van der Waals surface area contributed by atoms with Crippen molar-refractivity contribution in [2.45, 2.75) is 24.9 Å². The van der Waals surface area contributed by atoms with E-state index >= 15 is 0 Å². The van der Waals surface area contributed by atoms with Gasteiger partial charge in [0.05, 0.1) is 16.1 Å². The summed E-state index contributed by atoms with van der Waals surface area (Å²) >= 11 is 11.9. The zero-order chi connectivity index (χ0) is 13.4. The molecule has 1 aliphatic carbocycles. The van der Waals surface area contributed by atoms with Crippen LogP contribution in [0.15, 0.2) is 42.5 Å². The normalized spacial score (nSPS) is 18.6. The van der Waals surface area contributed by atoms with Crippen molar-refractivity contribution in [1.82, 2.24) is 0 Å². The van der Waals surface area contributed by atoms with Gasteiger partial charge in [-0.3, -0.25) is 0 Å². The van der Waals surface area contributed by atoms with Crippen LogP contribution >= 0.6 is 23.2 Å². The van der Waals surface area contributed by atoms with Crippen LogP contribution in [0.3, 0.4) is 0 Å². The van der Waals surface area contributed by atoms with Crippen molar-refractivity contribution in [2.75, 3.05) is 0 Å². The topological polar surface area (TPSA) is 20.2 Å². The Labute approximate surface area is 122 Å². The van der Waals surface area contributed by atoms with Crippen LogP contribution in [-0.2, 0) is 12.8 Å². The van der Waals surface area contributed by atoms with Crippen molar-refractivity contribution in [3.8, 4) is 0 Å². The number of aliphatic hydroxyl groups excluding tert-OH is 1. The predicted molar refractivity (Wildman–Crippen MR) is 79.1 cm³/mol. The van der Waals surface area contributed by atoms with Gasteiger partial charge in [-0.05, 0) is 41.7 Å². The molecule has 0 aromatic heterocycles. The summed E-state index contributed by atoms with van der Waals surface area (Å²) in [5.74, 6) is 0.241. The Hall–Kier alpha value is -1.02. The fourth-order valence-corrected chi connectivity index (χ4v) is 3.01. The summed E-state index contributed by atoms with van der Waals surface area (Å²) in [6.45, 7) is 0. The minimum atomic E-state index is -0.368. The maximum atomic E-state index is 10.4. The molecule has 3 heteroatoms. The van der Waals surface area contributed by atoms with Crippen molar-refractivity contribution in [3.63, 3.8) is 0 Å². The Kier molecular flexibility index (Phi) is 3.53. The number of fused-ring (bicyclic) bond motifs is 1. The van der Waals surface area contributed by atoms with Gasteiger partial charge in [0.15, 0.2) is 0 Å². The van der Waals surface area contributed by atoms with Crippen LogP contribution in [0.25, 0.3) is 0 Å². The van der Waals surface area contributed by atoms with Crippen molar-refractivity contribution >= 4 is 23.2 Å². The minimum Gasteiger partial charge on any atom is -0.392 e. The fraction of sp³-hybridized carbons (Fsp3) is 0.250. The van der Waals surface area contributed by atoms with Crippen molar-refractivity contribution in [3.05, 3.63) is 69.2 Å². The first kappa shape index (κ1) is 13.0. The van der Waals surface area contributed by atoms with Crippen LogP contribution in [0.5, 0.6) is 0 Å². The van der Waals surface area contributed by atoms with Crippen LogP contribution in [-0.4, -0.2) is 11.2 Å². The molecule has 2 atom stereocenters. The first-order valence-electron chi connectivity index (χ1n) is 6.35. The summed E-state index contributed by atoms with van der Waals surface area (Å²) < 4.78 is 0. The third-order valence-corrected chi connectivity index (χ3v) is 4.53. The predicted octanol–water partition coefficient (Wildman–Crippen LogP) is 4.24. The molecular formula is C16H14Cl2O. The van der Waals surface area contributed by atoms with Crippen molar-refractivity contribution < 1.29 is 5.11 Å². The molecule has 0 aliphatic heterocycles. The lowest BCUT2D eigenvalue weighted by molar-refractivity contribution is 0.133. The number of rotatable bonds is 3. The summed E-state index contributed by atoms with van der Waals surface area (Å²) in [7, 11) is 0. The van der Waals surface area contributed by atoms with E-state index in [0.717, 1.165) is 12.0 Å². The Balaban J connectivity index is 1.73. The highest BCUT2D eigenvalue weighted by Crippen LogP contribution is 2.38. The Morgan fingerprint density at radius 2 is 1.89 bits per heavy atom. The van der Waals surface area contributed by atoms with Crippen LogP contribution in [0.4, 0.5) is 0 Å². The number of hydrogen-bond acceptors (Lipinski definition) is 1. The van der Waals surface area contributed by atoms with E-state index < -0.39 is 0 Å². The van der Waals surface area contributed by atoms with Gasteiger partial charge in [-0.1, -0.05) is 53.5 Å². The van der Waals surface area contributed by atoms with E-state index in [2.05, 4.69) is 12.1 Å². The Morgan fingerprint density at radius 3 is 2.63 bits per heavy atom. The standard InChI is InChI=1S/C16H14Cl2O/c17-14-6-5-10(7-15(14)18)8-16(19)13-9-11-3-1-2-4-12(11)13/h1-7,13,16,19H,8-9H2. The highest BCUT2D eigenvalue weighted by Gasteiger charge is 2.31. The van der Waals surface area contributed by atoms with Gasteiger partial charge in [0.1, 0.15) is 0 Å². The molecule has 0 spiro atoms. The molecule has 0 heterocycles. The molecule has 2 aromatic carbocycles. The van der Waals surface area contributed by atoms with E-state index in [9.17, 15) is 5.11 Å². The highest BCUT2D eigenvalue weighted by atomic mass is 35.5. The molecule has 2 aromatic rings. The molecule has 0 amide bonds. The molecule has 0 bridgehead atoms. The quantitative estimate of drug-likeness (QED) is 0.897. The van der Waals surface area contributed by atoms with E-state index in [1.165, 1.54) is 11.1 Å². The maximum absolute atomic E-state index is 10.4. The second-order valence-corrected chi connectivity index (χ2v) is 5.84. The van der Waals surface area contributed by atoms with Crippen molar-refractivity contribution in [1.29, 1.82) is 0 Å². The third kappa shape index (κ3) is 2.51. The maximum Gasteiger partial charge on any atom is 0.0652 e. The molecule has 1 aliphatic rings. The van der Waals surface area contributed by atoms with E-state index in [0.29, 0.717) is 16.5 Å². The van der Waals surface area contributed by atoms with Gasteiger partial charge in [0.25, 0.3) is 0 Å². The Morgan fingerprint density at radius 1 is 1.11 bits per heavy atom. The minimum absolute atomic E-state index is 0.241. The fourth-order valence-electron chi connectivity index (χ4n) is 2.69. The van der Waals surface area contributed by atoms with Gasteiger partial charge >= 0.3 is 0 Å². The first-order valence-corrected chi connectivity index (χ1v) is 7.10. The van der Waals surface area contributed by atoms with Crippen LogP contribution < -0.4 is 0 Å². The monoisotopic (exact) mass is 292 g/mol. The third-order valence-electron chi connectivity index (χ3n) is 3.79. The lowest BCUT2D eigenvalue weighted by Gasteiger charge is -2.34. The molecule has 0 saturated carbocycles. The van der Waals surface area contributed by atoms with Crippen LogP contribution in [0, 0.1) is 0 Å². The van der Waals surface area contributed by atoms with E-state index in [1.807, 2.05) is 24.3 Å². The second kappa shape index (κ2) is 5.16. The Bertz CT molecular complexity index is 609. The van der Waals surface area contributed by atoms with E-state index in [1.54, 1.807) is 6.07 Å². The largest absolute Gasteiger partial charge is 0.392 e. The lowest BCUT2D eigenvalue weighted by atomic mass is 9.73. The number of hydrogen-bond donors (Lipinski definition) is 1. The van der Waals surface area contributed by atoms with Gasteiger partial charge in [0, 0.05) is 5.92 Å². The molecule has 2 unspecified atom stereocenters. The SMILES string of the molecule is OC(Cc1ccc(Cl)c(Cl)c1)C1Cc2ccccc21. The average molecular weight is 293 g/mol. The number of aliphatic hydroxyl groups is 1. The van der Waals surface area contributed by atoms with Gasteiger partial charge in [0.2, 0.25) is 0 Å². The molecule has 0 fully saturated rings. The molecule has 98 valence electrons. The zero-order valence-electron chi connectivity index (χ0n) is 10.3. The van der Waals surface area contributed by atoms with Crippen molar-refractivity contribution in [2.24, 2.45) is 0 Å². The van der Waals surface area contributed by atoms with Gasteiger partial charge in [-0.2, -0.15) is 0 Å². The van der Waals surface area contributed by atoms with Crippen LogP contribution in [0.1, 0.15) is 22.6 Å². The lowest BCUT2D eigenvalue weighted by Crippen LogP contribution is -2.30. The molecule has 0 radical (unpaired) electrons. The van der Waals surface area contributed by atoms with E-state index in [4.69, 9.17) is 23.2 Å². The zero-order valence-corrected chi connectivity index (χ0v) is 11.8. The smallest absolute Gasteiger partial charge is 0.0652 e. The summed E-state index contributed by atoms with van der Waals surface area (Å²) in [5.41, 5.74) is 3.64. The second-order valence-electron chi connectivity index (χ2n) is 5.03. The summed E-state index contributed by atoms with van der Waals surface area (Å²) in [6.07, 6.45) is 1.20. The molecule has 1 N–H and O–H groups in total. The molecule has 3 rings (SSSR count). The number of benzene rings is 2. The first-order chi connectivity index (χ1) is 9.15. The summed E-state index contributed by atoms with van der Waals surface area (Å²) in [5, 5.41) is 11.4. The molecule has 1 nitrogen and oxygen atoms in total. The molecule has 0 saturated heterocycles. The molecule has 19 heavy (non-hydrogen) atoms. The summed E-state index contributed by atoms with van der Waals surface area (Å²) in [4.78, 5) is 0.